The van der Waals surface area contributed by atoms with Crippen molar-refractivity contribution in [1.29, 1.82) is 0 Å². The maximum Gasteiger partial charge on any atom is 0.260 e. The molecular weight excluding hydrogens is 178 g/mol. The highest BCUT2D eigenvalue weighted by molar-refractivity contribution is 6.32. The zero-order valence-corrected chi connectivity index (χ0v) is 6.88. The number of hydrazone groups is 1. The molecule has 5 heteroatoms. The van der Waals surface area contributed by atoms with Crippen LogP contribution in [0.25, 0.3) is 0 Å². The van der Waals surface area contributed by atoms with Gasteiger partial charge in [0.05, 0.1) is 5.03 Å². The van der Waals surface area contributed by atoms with Gasteiger partial charge in [0.1, 0.15) is 6.54 Å². The van der Waals surface area contributed by atoms with Gasteiger partial charge in [0.15, 0.2) is 5.84 Å². The summed E-state index contributed by atoms with van der Waals surface area (Å²) in [5.41, 5.74) is 2.38. The molecule has 0 saturated carbocycles. The molecule has 0 aromatic rings. The van der Waals surface area contributed by atoms with Crippen molar-refractivity contribution in [1.82, 2.24) is 10.3 Å². The Bertz CT molecular complexity index is 319. The third-order valence-electron chi connectivity index (χ3n) is 1.57. The predicted octanol–water partition coefficient (Wildman–Crippen LogP) is 0.382. The van der Waals surface area contributed by atoms with Crippen LogP contribution in [0.3, 0.4) is 0 Å². The van der Waals surface area contributed by atoms with Crippen molar-refractivity contribution in [2.75, 3.05) is 6.54 Å². The summed E-state index contributed by atoms with van der Waals surface area (Å²) in [5, 5.41) is 4.42. The third-order valence-corrected chi connectivity index (χ3v) is 1.80. The minimum Gasteiger partial charge on any atom is -0.321 e. The average Bonchev–Trinajstić information content (AvgIpc) is 2.03. The standard InChI is InChI=1S/C7H6ClN3O/c8-5-1-2-6-9-10-7(12)4-11(6)3-5/h1-3H,4H2,(H,10,12). The number of fused-ring (bicyclic) bond motifs is 1. The zero-order valence-electron chi connectivity index (χ0n) is 6.12. The molecule has 0 aliphatic carbocycles. The lowest BCUT2D eigenvalue weighted by Gasteiger charge is -2.25. The van der Waals surface area contributed by atoms with E-state index in [4.69, 9.17) is 11.6 Å². The topological polar surface area (TPSA) is 44.7 Å². The van der Waals surface area contributed by atoms with E-state index in [2.05, 4.69) is 10.5 Å². The van der Waals surface area contributed by atoms with Crippen LogP contribution in [-0.2, 0) is 4.79 Å². The summed E-state index contributed by atoms with van der Waals surface area (Å²) >= 11 is 5.73. The Labute approximate surface area is 74.2 Å². The minimum atomic E-state index is -0.130. The van der Waals surface area contributed by atoms with Crippen LogP contribution in [0.1, 0.15) is 0 Å². The molecule has 0 unspecified atom stereocenters. The van der Waals surface area contributed by atoms with E-state index in [9.17, 15) is 4.79 Å². The normalized spacial score (nSPS) is 21.1. The van der Waals surface area contributed by atoms with Gasteiger partial charge >= 0.3 is 0 Å². The number of carbonyl (C=O) groups is 1. The Morgan fingerprint density at radius 3 is 3.25 bits per heavy atom. The number of hydrogen-bond donors (Lipinski definition) is 1. The summed E-state index contributed by atoms with van der Waals surface area (Å²) in [4.78, 5) is 12.6. The molecule has 2 aliphatic heterocycles. The number of amidine groups is 1. The van der Waals surface area contributed by atoms with Crippen LogP contribution in [0.2, 0.25) is 0 Å². The highest BCUT2D eigenvalue weighted by Gasteiger charge is 2.18. The van der Waals surface area contributed by atoms with Gasteiger partial charge in [-0.2, -0.15) is 5.10 Å². The van der Waals surface area contributed by atoms with E-state index in [0.29, 0.717) is 10.9 Å². The molecule has 0 saturated heterocycles. The van der Waals surface area contributed by atoms with Crippen LogP contribution in [0, 0.1) is 0 Å². The molecule has 0 bridgehead atoms. The highest BCUT2D eigenvalue weighted by atomic mass is 35.5. The Balaban J connectivity index is 2.31. The summed E-state index contributed by atoms with van der Waals surface area (Å²) in [6, 6.07) is 0. The monoisotopic (exact) mass is 183 g/mol. The fourth-order valence-corrected chi connectivity index (χ4v) is 1.23. The molecule has 0 aromatic carbocycles. The van der Waals surface area contributed by atoms with Gasteiger partial charge in [0.2, 0.25) is 0 Å². The van der Waals surface area contributed by atoms with Crippen LogP contribution >= 0.6 is 11.6 Å². The van der Waals surface area contributed by atoms with Crippen molar-refractivity contribution in [2.24, 2.45) is 5.10 Å². The van der Waals surface area contributed by atoms with Gasteiger partial charge in [-0.3, -0.25) is 4.79 Å². The molecule has 1 N–H and O–H groups in total. The third kappa shape index (κ3) is 1.21. The number of hydrogen-bond acceptors (Lipinski definition) is 3. The lowest BCUT2D eigenvalue weighted by molar-refractivity contribution is -0.121. The summed E-state index contributed by atoms with van der Waals surface area (Å²) in [7, 11) is 0. The SMILES string of the molecule is O=C1CN2C=C(Cl)C=CC2=NN1. The fraction of sp³-hybridized carbons (Fsp3) is 0.143. The van der Waals surface area contributed by atoms with Crippen LogP contribution in [0.15, 0.2) is 28.5 Å². The molecular formula is C7H6ClN3O. The number of nitrogens with one attached hydrogen (secondary N) is 1. The first-order chi connectivity index (χ1) is 5.75. The van der Waals surface area contributed by atoms with Crippen LogP contribution in [0.5, 0.6) is 0 Å². The molecule has 1 amide bonds. The number of allylic oxidation sites excluding steroid dienone is 2. The van der Waals surface area contributed by atoms with Gasteiger partial charge in [-0.05, 0) is 12.2 Å². The van der Waals surface area contributed by atoms with Gasteiger partial charge in [0.25, 0.3) is 5.91 Å². The average molecular weight is 184 g/mol. The Hall–Kier alpha value is -1.29. The zero-order chi connectivity index (χ0) is 8.55. The largest absolute Gasteiger partial charge is 0.321 e. The number of halogens is 1. The van der Waals surface area contributed by atoms with Crippen molar-refractivity contribution < 1.29 is 4.79 Å². The molecule has 12 heavy (non-hydrogen) atoms. The molecule has 0 aromatic heterocycles. The van der Waals surface area contributed by atoms with Crippen molar-refractivity contribution in [3.8, 4) is 0 Å². The molecule has 4 nitrogen and oxygen atoms in total. The van der Waals surface area contributed by atoms with E-state index < -0.39 is 0 Å². The lowest BCUT2D eigenvalue weighted by Crippen LogP contribution is -2.42. The first kappa shape index (κ1) is 7.36. The smallest absolute Gasteiger partial charge is 0.260 e. The van der Waals surface area contributed by atoms with Gasteiger partial charge in [0, 0.05) is 6.20 Å². The molecule has 2 heterocycles. The predicted molar refractivity (Wildman–Crippen MR) is 45.4 cm³/mol. The van der Waals surface area contributed by atoms with Crippen LogP contribution in [0.4, 0.5) is 0 Å². The Morgan fingerprint density at radius 1 is 1.58 bits per heavy atom. The van der Waals surface area contributed by atoms with Gasteiger partial charge in [-0.25, -0.2) is 5.43 Å². The van der Waals surface area contributed by atoms with E-state index in [-0.39, 0.29) is 12.5 Å². The molecule has 62 valence electrons. The summed E-state index contributed by atoms with van der Waals surface area (Å²) in [6.45, 7) is 0.277. The summed E-state index contributed by atoms with van der Waals surface area (Å²) in [6.07, 6.45) is 5.16. The number of carbonyl (C=O) groups excluding carboxylic acids is 1. The molecule has 0 radical (unpaired) electrons. The second-order valence-electron chi connectivity index (χ2n) is 2.48. The second kappa shape index (κ2) is 2.64. The molecule has 0 atom stereocenters. The molecule has 2 aliphatic rings. The number of rotatable bonds is 0. The van der Waals surface area contributed by atoms with E-state index in [1.54, 1.807) is 23.3 Å². The van der Waals surface area contributed by atoms with Gasteiger partial charge < -0.3 is 4.90 Å². The maximum atomic E-state index is 10.9. The van der Waals surface area contributed by atoms with Gasteiger partial charge in [-0.15, -0.1) is 0 Å². The molecule has 0 spiro atoms. The van der Waals surface area contributed by atoms with Crippen LogP contribution in [-0.4, -0.2) is 23.2 Å². The van der Waals surface area contributed by atoms with Gasteiger partial charge in [-0.1, -0.05) is 11.6 Å². The van der Waals surface area contributed by atoms with Crippen molar-refractivity contribution in [2.45, 2.75) is 0 Å². The minimum absolute atomic E-state index is 0.130. The first-order valence-corrected chi connectivity index (χ1v) is 3.82. The quantitative estimate of drug-likeness (QED) is 0.590. The maximum absolute atomic E-state index is 10.9. The second-order valence-corrected chi connectivity index (χ2v) is 2.92. The van der Waals surface area contributed by atoms with Crippen molar-refractivity contribution >= 4 is 23.3 Å². The first-order valence-electron chi connectivity index (χ1n) is 3.44. The van der Waals surface area contributed by atoms with Crippen molar-refractivity contribution in [3.63, 3.8) is 0 Å². The molecule has 0 fully saturated rings. The lowest BCUT2D eigenvalue weighted by atomic mass is 10.3. The van der Waals surface area contributed by atoms with Crippen molar-refractivity contribution in [3.05, 3.63) is 23.4 Å². The molecule has 2 rings (SSSR count). The van der Waals surface area contributed by atoms with E-state index in [1.807, 2.05) is 0 Å². The van der Waals surface area contributed by atoms with E-state index in [1.165, 1.54) is 0 Å². The number of amides is 1. The Kier molecular flexibility index (Phi) is 1.62. The summed E-state index contributed by atoms with van der Waals surface area (Å²) < 4.78 is 0. The highest BCUT2D eigenvalue weighted by Crippen LogP contribution is 2.13. The summed E-state index contributed by atoms with van der Waals surface area (Å²) in [5.74, 6) is 0.578. The van der Waals surface area contributed by atoms with Crippen LogP contribution < -0.4 is 5.43 Å². The van der Waals surface area contributed by atoms with E-state index >= 15 is 0 Å². The fourth-order valence-electron chi connectivity index (χ4n) is 1.05. The Morgan fingerprint density at radius 2 is 2.42 bits per heavy atom. The number of nitrogens with zero attached hydrogens (tertiary/aromatic N) is 2. The van der Waals surface area contributed by atoms with E-state index in [0.717, 1.165) is 0 Å².